The summed E-state index contributed by atoms with van der Waals surface area (Å²) in [5.74, 6) is 0.731. The Morgan fingerprint density at radius 3 is 2.57 bits per heavy atom. The molecular formula is C30H30FN3O3. The molecule has 7 rings (SSSR count). The predicted octanol–water partition coefficient (Wildman–Crippen LogP) is 5.27. The molecule has 1 aromatic heterocycles. The van der Waals surface area contributed by atoms with Crippen molar-refractivity contribution in [1.29, 1.82) is 0 Å². The molecule has 6 nitrogen and oxygen atoms in total. The van der Waals surface area contributed by atoms with Crippen LogP contribution in [0.15, 0.2) is 58.8 Å². The quantitative estimate of drug-likeness (QED) is 0.412. The second-order valence-electron chi connectivity index (χ2n) is 10.5. The number of halogens is 1. The number of nitrogens with one attached hydrogen (secondary N) is 2. The van der Waals surface area contributed by atoms with Crippen LogP contribution in [0.4, 0.5) is 4.39 Å². The number of fused-ring (bicyclic) bond motifs is 1. The molecule has 0 aliphatic heterocycles. The molecule has 2 amide bonds. The summed E-state index contributed by atoms with van der Waals surface area (Å²) < 4.78 is 19.9. The van der Waals surface area contributed by atoms with Crippen LogP contribution in [0, 0.1) is 5.92 Å². The summed E-state index contributed by atoms with van der Waals surface area (Å²) in [4.78, 5) is 26.1. The van der Waals surface area contributed by atoms with Crippen molar-refractivity contribution in [3.63, 3.8) is 0 Å². The van der Waals surface area contributed by atoms with Crippen molar-refractivity contribution in [2.45, 2.75) is 44.1 Å². The first-order valence-corrected chi connectivity index (χ1v) is 12.9. The van der Waals surface area contributed by atoms with Crippen LogP contribution in [0.1, 0.15) is 64.1 Å². The molecule has 1 heterocycles. The van der Waals surface area contributed by atoms with E-state index in [4.69, 9.17) is 10.2 Å². The number of hydrogen-bond acceptors (Lipinski definition) is 4. The van der Waals surface area contributed by atoms with Crippen LogP contribution < -0.4 is 16.4 Å². The van der Waals surface area contributed by atoms with Gasteiger partial charge in [-0.05, 0) is 97.2 Å². The van der Waals surface area contributed by atoms with E-state index < -0.39 is 0 Å². The monoisotopic (exact) mass is 499 g/mol. The number of benzene rings is 2. The first kappa shape index (κ1) is 23.7. The van der Waals surface area contributed by atoms with Gasteiger partial charge in [-0.1, -0.05) is 18.2 Å². The Morgan fingerprint density at radius 2 is 1.92 bits per heavy atom. The lowest BCUT2D eigenvalue weighted by Gasteiger charge is -2.61. The van der Waals surface area contributed by atoms with E-state index in [2.05, 4.69) is 10.6 Å². The highest BCUT2D eigenvalue weighted by atomic mass is 19.1. The summed E-state index contributed by atoms with van der Waals surface area (Å²) in [6, 6.07) is 11.5. The van der Waals surface area contributed by atoms with Gasteiger partial charge in [-0.15, -0.1) is 0 Å². The molecule has 0 spiro atoms. The molecule has 0 unspecified atom stereocenters. The summed E-state index contributed by atoms with van der Waals surface area (Å²) in [6.45, 7) is 0.438. The zero-order valence-electron chi connectivity index (χ0n) is 20.8. The fourth-order valence-electron chi connectivity index (χ4n) is 5.97. The van der Waals surface area contributed by atoms with Gasteiger partial charge in [-0.25, -0.2) is 4.39 Å². The Kier molecular flexibility index (Phi) is 5.75. The third-order valence-corrected chi connectivity index (χ3v) is 8.02. The molecule has 3 aromatic rings. The van der Waals surface area contributed by atoms with Gasteiger partial charge >= 0.3 is 0 Å². The maximum Gasteiger partial charge on any atom is 0.255 e. The lowest BCUT2D eigenvalue weighted by molar-refractivity contribution is -0.0438. The second kappa shape index (κ2) is 8.99. The van der Waals surface area contributed by atoms with Crippen molar-refractivity contribution in [3.8, 4) is 11.1 Å². The number of amides is 2. The maximum atomic E-state index is 13.7. The lowest BCUT2D eigenvalue weighted by atomic mass is 9.50. The van der Waals surface area contributed by atoms with E-state index >= 15 is 0 Å². The summed E-state index contributed by atoms with van der Waals surface area (Å²) in [5, 5.41) is 6.62. The molecule has 0 saturated heterocycles. The Morgan fingerprint density at radius 1 is 1.11 bits per heavy atom. The van der Waals surface area contributed by atoms with Gasteiger partial charge in [0.25, 0.3) is 11.8 Å². The highest BCUT2D eigenvalue weighted by Gasteiger charge is 2.57. The normalized spacial score (nSPS) is 22.0. The number of carbonyl (C=O) groups excluding carboxylic acids is 2. The van der Waals surface area contributed by atoms with Gasteiger partial charge in [-0.3, -0.25) is 9.59 Å². The van der Waals surface area contributed by atoms with Gasteiger partial charge in [0, 0.05) is 30.0 Å². The fourth-order valence-corrected chi connectivity index (χ4v) is 5.97. The summed E-state index contributed by atoms with van der Waals surface area (Å²) in [6.07, 6.45) is 7.69. The Hall–Kier alpha value is -3.71. The number of rotatable bonds is 7. The smallest absolute Gasteiger partial charge is 0.255 e. The van der Waals surface area contributed by atoms with Gasteiger partial charge < -0.3 is 20.8 Å². The van der Waals surface area contributed by atoms with Crippen LogP contribution in [0.3, 0.4) is 0 Å². The van der Waals surface area contributed by atoms with E-state index in [1.54, 1.807) is 13.1 Å². The van der Waals surface area contributed by atoms with Crippen LogP contribution in [0.25, 0.3) is 27.7 Å². The molecule has 7 heteroatoms. The molecular weight excluding hydrogens is 469 g/mol. The molecule has 4 aliphatic rings. The third kappa shape index (κ3) is 4.07. The summed E-state index contributed by atoms with van der Waals surface area (Å²) >= 11 is 0. The van der Waals surface area contributed by atoms with Gasteiger partial charge in [0.1, 0.15) is 17.2 Å². The number of hydrogen-bond donors (Lipinski definition) is 3. The molecule has 4 aliphatic carbocycles. The van der Waals surface area contributed by atoms with Crippen LogP contribution in [0.5, 0.6) is 0 Å². The van der Waals surface area contributed by atoms with Crippen molar-refractivity contribution in [2.75, 3.05) is 13.6 Å². The highest BCUT2D eigenvalue weighted by Crippen LogP contribution is 2.57. The number of nitrogens with two attached hydrogens (primary N) is 1. The molecule has 37 heavy (non-hydrogen) atoms. The van der Waals surface area contributed by atoms with Crippen molar-refractivity contribution in [1.82, 2.24) is 10.6 Å². The number of allylic oxidation sites excluding steroid dienone is 4. The zero-order chi connectivity index (χ0) is 25.7. The van der Waals surface area contributed by atoms with E-state index in [0.29, 0.717) is 47.2 Å². The van der Waals surface area contributed by atoms with E-state index in [9.17, 15) is 14.0 Å². The fraction of sp³-hybridized carbons (Fsp3) is 0.333. The van der Waals surface area contributed by atoms with Crippen LogP contribution in [0.2, 0.25) is 0 Å². The summed E-state index contributed by atoms with van der Waals surface area (Å²) in [5.41, 5.74) is 11.1. The molecule has 4 N–H and O–H groups in total. The third-order valence-electron chi connectivity index (χ3n) is 8.02. The average Bonchev–Trinajstić information content (AvgIpc) is 3.23. The number of furan rings is 1. The predicted molar refractivity (Wildman–Crippen MR) is 142 cm³/mol. The molecule has 190 valence electrons. The maximum absolute atomic E-state index is 13.7. The van der Waals surface area contributed by atoms with Gasteiger partial charge in [0.2, 0.25) is 0 Å². The first-order chi connectivity index (χ1) is 17.9. The van der Waals surface area contributed by atoms with Crippen molar-refractivity contribution in [3.05, 3.63) is 76.8 Å². The summed E-state index contributed by atoms with van der Waals surface area (Å²) in [7, 11) is 1.58. The molecule has 3 fully saturated rings. The highest BCUT2D eigenvalue weighted by molar-refractivity contribution is 6.11. The van der Waals surface area contributed by atoms with E-state index in [-0.39, 0.29) is 29.6 Å². The van der Waals surface area contributed by atoms with E-state index in [1.165, 1.54) is 6.08 Å². The van der Waals surface area contributed by atoms with Gasteiger partial charge in [0.05, 0.1) is 5.56 Å². The van der Waals surface area contributed by atoms with Crippen molar-refractivity contribution < 1.29 is 18.4 Å². The largest absolute Gasteiger partial charge is 0.456 e. The zero-order valence-corrected chi connectivity index (χ0v) is 20.8. The Balaban J connectivity index is 1.45. The van der Waals surface area contributed by atoms with Gasteiger partial charge in [-0.2, -0.15) is 0 Å². The van der Waals surface area contributed by atoms with E-state index in [1.807, 2.05) is 36.4 Å². The standard InChI is InChI=1S/C30H30FN3O3/c1-33-29(36)26-24-13-23(19-3-2-4-21(11-19)28(35)34-30-14-17(15-30)16-30)20(9-10-32)12-25(24)37-27(26)18-5-7-22(31)8-6-18/h2-5,7,11-13,17H,6,8-10,14-16,32H2,1H3,(H,33,36)(H,34,35). The average molecular weight is 500 g/mol. The minimum absolute atomic E-state index is 0.00287. The Labute approximate surface area is 214 Å². The minimum atomic E-state index is -0.270. The topological polar surface area (TPSA) is 97.4 Å². The molecule has 2 bridgehead atoms. The first-order valence-electron chi connectivity index (χ1n) is 12.9. The molecule has 3 saturated carbocycles. The van der Waals surface area contributed by atoms with Gasteiger partial charge in [0.15, 0.2) is 0 Å². The van der Waals surface area contributed by atoms with Crippen LogP contribution in [-0.2, 0) is 6.42 Å². The molecule has 0 atom stereocenters. The van der Waals surface area contributed by atoms with Crippen molar-refractivity contribution >= 4 is 28.4 Å². The second-order valence-corrected chi connectivity index (χ2v) is 10.5. The number of carbonyl (C=O) groups is 2. The van der Waals surface area contributed by atoms with Crippen LogP contribution in [-0.4, -0.2) is 30.9 Å². The Bertz CT molecular complexity index is 1480. The molecule has 0 radical (unpaired) electrons. The lowest BCUT2D eigenvalue weighted by Crippen LogP contribution is -2.68. The molecule has 2 aromatic carbocycles. The van der Waals surface area contributed by atoms with Crippen LogP contribution >= 0.6 is 0 Å². The van der Waals surface area contributed by atoms with Crippen molar-refractivity contribution in [2.24, 2.45) is 11.7 Å². The van der Waals surface area contributed by atoms with E-state index in [0.717, 1.165) is 47.4 Å². The minimum Gasteiger partial charge on any atom is -0.456 e. The SMILES string of the molecule is CNC(=O)c1c(C2=CC=C(F)CC2)oc2cc(CCN)c(-c3cccc(C(=O)NC45CC(C4)C5)c3)cc12.